The van der Waals surface area contributed by atoms with Gasteiger partial charge in [-0.1, -0.05) is 6.07 Å². The normalized spacial score (nSPS) is 24.7. The number of H-pyrrole nitrogens is 1. The van der Waals surface area contributed by atoms with Crippen molar-refractivity contribution < 1.29 is 14.3 Å². The summed E-state index contributed by atoms with van der Waals surface area (Å²) in [6.07, 6.45) is 4.79. The van der Waals surface area contributed by atoms with Crippen LogP contribution in [-0.4, -0.2) is 77.4 Å². The van der Waals surface area contributed by atoms with E-state index in [9.17, 15) is 4.79 Å². The molecule has 3 aromatic rings. The molecule has 190 valence electrons. The van der Waals surface area contributed by atoms with Gasteiger partial charge in [-0.05, 0) is 67.1 Å². The van der Waals surface area contributed by atoms with E-state index in [1.54, 1.807) is 0 Å². The van der Waals surface area contributed by atoms with Crippen LogP contribution in [0.3, 0.4) is 0 Å². The first-order valence-corrected chi connectivity index (χ1v) is 13.1. The molecule has 2 saturated heterocycles. The molecule has 36 heavy (non-hydrogen) atoms. The maximum absolute atomic E-state index is 13.6. The molecule has 8 nitrogen and oxygen atoms in total. The fourth-order valence-electron chi connectivity index (χ4n) is 5.94. The number of aromatic amines is 1. The van der Waals surface area contributed by atoms with Gasteiger partial charge in [0.1, 0.15) is 5.65 Å². The number of pyridine rings is 1. The number of carbonyl (C=O) groups excluding carboxylic acids is 1. The highest BCUT2D eigenvalue weighted by Crippen LogP contribution is 2.35. The summed E-state index contributed by atoms with van der Waals surface area (Å²) in [5.74, 6) is 0. The molecule has 5 heterocycles. The van der Waals surface area contributed by atoms with Crippen LogP contribution in [0.2, 0.25) is 0 Å². The maximum atomic E-state index is 13.6. The summed E-state index contributed by atoms with van der Waals surface area (Å²) in [6, 6.07) is 7.19. The summed E-state index contributed by atoms with van der Waals surface area (Å²) in [4.78, 5) is 25.6. The minimum absolute atomic E-state index is 0.0807. The predicted molar refractivity (Wildman–Crippen MR) is 139 cm³/mol. The summed E-state index contributed by atoms with van der Waals surface area (Å²) in [7, 11) is 0. The molecular weight excluding hydrogens is 454 g/mol. The van der Waals surface area contributed by atoms with Gasteiger partial charge in [-0.2, -0.15) is 0 Å². The van der Waals surface area contributed by atoms with E-state index in [0.29, 0.717) is 32.9 Å². The standard InChI is InChI=1S/C28H35N5O3/c1-17-11-30-27-23(17)10-22(12-31-27)21-8-20-4-6-32(28(34)33-18(2)14-36-15-19(33)3)13-25(20)24(9-21)26-16-35-7-5-29-26/h8-12,18-19,26,29H,4-7,13-16H2,1-3H3,(H,30,31)/t18?,19?,26-/m0/s1. The molecule has 0 bridgehead atoms. The highest BCUT2D eigenvalue weighted by molar-refractivity contribution is 5.84. The van der Waals surface area contributed by atoms with Crippen LogP contribution in [0.25, 0.3) is 22.2 Å². The van der Waals surface area contributed by atoms with Crippen LogP contribution in [0.15, 0.2) is 30.6 Å². The van der Waals surface area contributed by atoms with Crippen molar-refractivity contribution in [3.8, 4) is 11.1 Å². The zero-order valence-corrected chi connectivity index (χ0v) is 21.3. The molecule has 2 fully saturated rings. The number of amides is 2. The van der Waals surface area contributed by atoms with Crippen molar-refractivity contribution in [2.24, 2.45) is 0 Å². The number of morpholine rings is 2. The number of carbonyl (C=O) groups is 1. The second kappa shape index (κ2) is 9.50. The van der Waals surface area contributed by atoms with Gasteiger partial charge in [-0.3, -0.25) is 0 Å². The maximum Gasteiger partial charge on any atom is 0.320 e. The van der Waals surface area contributed by atoms with Gasteiger partial charge >= 0.3 is 6.03 Å². The Morgan fingerprint density at radius 3 is 2.69 bits per heavy atom. The highest BCUT2D eigenvalue weighted by Gasteiger charge is 2.35. The number of urea groups is 1. The van der Waals surface area contributed by atoms with Crippen molar-refractivity contribution in [1.82, 2.24) is 25.1 Å². The smallest absolute Gasteiger partial charge is 0.320 e. The van der Waals surface area contributed by atoms with Crippen molar-refractivity contribution in [1.29, 1.82) is 0 Å². The lowest BCUT2D eigenvalue weighted by molar-refractivity contribution is -0.0227. The lowest BCUT2D eigenvalue weighted by Gasteiger charge is -2.43. The van der Waals surface area contributed by atoms with Gasteiger partial charge in [0.25, 0.3) is 0 Å². The fraction of sp³-hybridized carbons (Fsp3) is 0.500. The fourth-order valence-corrected chi connectivity index (χ4v) is 5.94. The molecule has 0 saturated carbocycles. The largest absolute Gasteiger partial charge is 0.378 e. The molecular formula is C28H35N5O3. The number of benzene rings is 1. The Labute approximate surface area is 212 Å². The van der Waals surface area contributed by atoms with Crippen molar-refractivity contribution in [2.75, 3.05) is 39.5 Å². The molecule has 2 aromatic heterocycles. The van der Waals surface area contributed by atoms with Crippen LogP contribution in [0.4, 0.5) is 4.79 Å². The minimum Gasteiger partial charge on any atom is -0.378 e. The van der Waals surface area contributed by atoms with Gasteiger partial charge in [0.2, 0.25) is 0 Å². The van der Waals surface area contributed by atoms with Crippen LogP contribution in [0.5, 0.6) is 0 Å². The van der Waals surface area contributed by atoms with E-state index in [-0.39, 0.29) is 24.2 Å². The molecule has 8 heteroatoms. The van der Waals surface area contributed by atoms with Gasteiger partial charge in [-0.25, -0.2) is 9.78 Å². The molecule has 0 radical (unpaired) electrons. The van der Waals surface area contributed by atoms with Gasteiger partial charge in [-0.15, -0.1) is 0 Å². The molecule has 3 atom stereocenters. The molecule has 0 spiro atoms. The van der Waals surface area contributed by atoms with E-state index < -0.39 is 0 Å². The SMILES string of the molecule is Cc1c[nH]c2ncc(-c3cc4c(c([C@@H]5COCCN5)c3)CN(C(=O)N3C(C)COCC3C)CC4)cc12. The molecule has 0 aliphatic carbocycles. The zero-order chi connectivity index (χ0) is 24.8. The number of hydrogen-bond donors (Lipinski definition) is 2. The Morgan fingerprint density at radius 1 is 1.08 bits per heavy atom. The lowest BCUT2D eigenvalue weighted by atomic mass is 9.87. The first-order valence-electron chi connectivity index (χ1n) is 13.1. The number of fused-ring (bicyclic) bond motifs is 2. The van der Waals surface area contributed by atoms with E-state index in [4.69, 9.17) is 9.47 Å². The zero-order valence-electron chi connectivity index (χ0n) is 21.3. The summed E-state index contributed by atoms with van der Waals surface area (Å²) >= 11 is 0. The topological polar surface area (TPSA) is 82.7 Å². The summed E-state index contributed by atoms with van der Waals surface area (Å²) in [6.45, 7) is 11.0. The van der Waals surface area contributed by atoms with Gasteiger partial charge in [0.15, 0.2) is 0 Å². The predicted octanol–water partition coefficient (Wildman–Crippen LogP) is 3.79. The first kappa shape index (κ1) is 23.5. The van der Waals surface area contributed by atoms with Crippen molar-refractivity contribution in [3.05, 3.63) is 52.8 Å². The third kappa shape index (κ3) is 4.17. The van der Waals surface area contributed by atoms with Crippen molar-refractivity contribution in [2.45, 2.75) is 51.9 Å². The number of ether oxygens (including phenoxy) is 2. The average Bonchev–Trinajstić information content (AvgIpc) is 3.28. The Hall–Kier alpha value is -2.94. The average molecular weight is 490 g/mol. The highest BCUT2D eigenvalue weighted by atomic mass is 16.5. The van der Waals surface area contributed by atoms with Crippen LogP contribution >= 0.6 is 0 Å². The third-order valence-corrected chi connectivity index (χ3v) is 7.90. The Morgan fingerprint density at radius 2 is 1.92 bits per heavy atom. The molecule has 1 aromatic carbocycles. The quantitative estimate of drug-likeness (QED) is 0.573. The van der Waals surface area contributed by atoms with E-state index >= 15 is 0 Å². The first-order chi connectivity index (χ1) is 17.5. The lowest BCUT2D eigenvalue weighted by Crippen LogP contribution is -2.57. The molecule has 2 amide bonds. The number of nitrogens with one attached hydrogen (secondary N) is 2. The van der Waals surface area contributed by atoms with Crippen LogP contribution in [0.1, 0.15) is 42.1 Å². The van der Waals surface area contributed by atoms with Gasteiger partial charge < -0.3 is 29.6 Å². The van der Waals surface area contributed by atoms with Crippen LogP contribution in [0, 0.1) is 6.92 Å². The molecule has 2 unspecified atom stereocenters. The van der Waals surface area contributed by atoms with E-state index in [2.05, 4.69) is 54.3 Å². The summed E-state index contributed by atoms with van der Waals surface area (Å²) in [5.41, 5.74) is 8.18. The Bertz CT molecular complexity index is 1270. The molecule has 3 aliphatic heterocycles. The minimum atomic E-state index is 0.0807. The van der Waals surface area contributed by atoms with Gasteiger partial charge in [0.05, 0.1) is 44.6 Å². The van der Waals surface area contributed by atoms with Gasteiger partial charge in [0, 0.05) is 43.0 Å². The second-order valence-corrected chi connectivity index (χ2v) is 10.5. The third-order valence-electron chi connectivity index (χ3n) is 7.90. The Kier molecular flexibility index (Phi) is 6.19. The molecule has 3 aliphatic rings. The van der Waals surface area contributed by atoms with Crippen LogP contribution < -0.4 is 5.32 Å². The van der Waals surface area contributed by atoms with E-state index in [1.807, 2.05) is 22.2 Å². The summed E-state index contributed by atoms with van der Waals surface area (Å²) in [5, 5.41) is 4.79. The van der Waals surface area contributed by atoms with E-state index in [1.165, 1.54) is 27.8 Å². The Balaban J connectivity index is 1.37. The number of aromatic nitrogens is 2. The molecule has 2 N–H and O–H groups in total. The number of rotatable bonds is 2. The monoisotopic (exact) mass is 489 g/mol. The van der Waals surface area contributed by atoms with Crippen molar-refractivity contribution >= 4 is 17.1 Å². The number of nitrogens with zero attached hydrogens (tertiary/aromatic N) is 3. The van der Waals surface area contributed by atoms with E-state index in [0.717, 1.165) is 36.2 Å². The number of aryl methyl sites for hydroxylation is 1. The number of hydrogen-bond acceptors (Lipinski definition) is 5. The van der Waals surface area contributed by atoms with Crippen molar-refractivity contribution in [3.63, 3.8) is 0 Å². The summed E-state index contributed by atoms with van der Waals surface area (Å²) < 4.78 is 11.5. The second-order valence-electron chi connectivity index (χ2n) is 10.5. The van der Waals surface area contributed by atoms with Crippen LogP contribution in [-0.2, 0) is 22.4 Å². The molecule has 6 rings (SSSR count).